The molecule has 0 saturated carbocycles. The van der Waals surface area contributed by atoms with Crippen LogP contribution in [0.3, 0.4) is 0 Å². The van der Waals surface area contributed by atoms with Gasteiger partial charge in [0.05, 0.1) is 5.92 Å². The molecule has 5 nitrogen and oxygen atoms in total. The predicted molar refractivity (Wildman–Crippen MR) is 228 cm³/mol. The summed E-state index contributed by atoms with van der Waals surface area (Å²) < 4.78 is 0. The van der Waals surface area contributed by atoms with Crippen LogP contribution in [0.25, 0.3) is 0 Å². The van der Waals surface area contributed by atoms with Gasteiger partial charge < -0.3 is 4.84 Å². The third kappa shape index (κ3) is 36.0. The van der Waals surface area contributed by atoms with Gasteiger partial charge in [0, 0.05) is 12.8 Å². The number of rotatable bonds is 31. The first-order valence-electron chi connectivity index (χ1n) is 22.3. The van der Waals surface area contributed by atoms with Gasteiger partial charge in [-0.05, 0) is 70.6 Å². The highest BCUT2D eigenvalue weighted by molar-refractivity contribution is 6.01. The molecule has 1 rings (SSSR count). The predicted octanol–water partition coefficient (Wildman–Crippen LogP) is 15.3. The van der Waals surface area contributed by atoms with Crippen LogP contribution < -0.4 is 0 Å². The van der Waals surface area contributed by atoms with E-state index in [-0.39, 0.29) is 18.8 Å². The van der Waals surface area contributed by atoms with Crippen molar-refractivity contribution in [2.75, 3.05) is 0 Å². The summed E-state index contributed by atoms with van der Waals surface area (Å²) in [6.45, 7) is 16.5. The minimum absolute atomic E-state index is 0.134. The number of amides is 2. The highest BCUT2D eigenvalue weighted by Gasteiger charge is 2.34. The van der Waals surface area contributed by atoms with Crippen LogP contribution in [0.15, 0.2) is 48.6 Å². The first-order valence-corrected chi connectivity index (χ1v) is 22.3. The highest BCUT2D eigenvalue weighted by atomic mass is 16.7. The van der Waals surface area contributed by atoms with E-state index in [1.807, 2.05) is 41.5 Å². The summed E-state index contributed by atoms with van der Waals surface area (Å²) >= 11 is 0. The lowest BCUT2D eigenvalue weighted by atomic mass is 9.94. The van der Waals surface area contributed by atoms with Crippen molar-refractivity contribution in [2.45, 2.75) is 229 Å². The topological polar surface area (TPSA) is 63.7 Å². The van der Waals surface area contributed by atoms with Gasteiger partial charge in [0.25, 0.3) is 11.8 Å². The zero-order valence-electron chi connectivity index (χ0n) is 35.9. The highest BCUT2D eigenvalue weighted by Crippen LogP contribution is 2.23. The van der Waals surface area contributed by atoms with Crippen LogP contribution in [-0.4, -0.2) is 22.8 Å². The Morgan fingerprint density at radius 1 is 0.500 bits per heavy atom. The maximum atomic E-state index is 13.0. The molecule has 1 heterocycles. The van der Waals surface area contributed by atoms with Gasteiger partial charge in [0.1, 0.15) is 0 Å². The van der Waals surface area contributed by atoms with E-state index in [9.17, 15) is 14.4 Å². The Bertz CT molecular complexity index is 872. The molecule has 5 heteroatoms. The number of carbonyl (C=O) groups is 3. The van der Waals surface area contributed by atoms with Crippen LogP contribution in [0.1, 0.15) is 229 Å². The van der Waals surface area contributed by atoms with Crippen LogP contribution >= 0.6 is 0 Å². The second-order valence-electron chi connectivity index (χ2n) is 13.1. The Balaban J connectivity index is -0.00000379. The average molecular weight is 730 g/mol. The summed E-state index contributed by atoms with van der Waals surface area (Å²) in [6.07, 6.45) is 47.3. The zero-order valence-corrected chi connectivity index (χ0v) is 35.9. The van der Waals surface area contributed by atoms with E-state index in [4.69, 9.17) is 4.84 Å². The standard InChI is InChI=1S/C41H69NO4.3C2H6/c1-3-5-7-9-11-13-15-17-19-21-23-25-27-29-31-33-35-38(41(45)46-42-39(43)36-37-40(42)44)34-32-30-28-26-24-22-20-18-16-14-12-10-8-6-4-2;3*1-2/h10-13,16-19,38H,3-9,14-15,20-37H2,1-2H3;3*1-2H3/b12-10-,13-11-,18-16-,19-17-;;;. The largest absolute Gasteiger partial charge is 0.336 e. The Morgan fingerprint density at radius 3 is 1.21 bits per heavy atom. The molecule has 2 amide bonds. The molecule has 304 valence electrons. The van der Waals surface area contributed by atoms with E-state index < -0.39 is 17.8 Å². The smallest absolute Gasteiger partial charge is 0.330 e. The number of unbranched alkanes of at least 4 members (excludes halogenated alkanes) is 17. The Kier molecular flexibility index (Phi) is 48.3. The zero-order chi connectivity index (χ0) is 39.3. The normalized spacial score (nSPS) is 13.3. The molecule has 0 aromatic heterocycles. The molecule has 0 aromatic carbocycles. The molecule has 1 unspecified atom stereocenters. The lowest BCUT2D eigenvalue weighted by Crippen LogP contribution is -2.34. The molecule has 1 aliphatic heterocycles. The van der Waals surface area contributed by atoms with Crippen LogP contribution in [0.4, 0.5) is 0 Å². The molecule has 1 atom stereocenters. The van der Waals surface area contributed by atoms with Gasteiger partial charge in [0.2, 0.25) is 0 Å². The SMILES string of the molecule is CC.CC.CC.CCCC/C=C\C/C=C\CCCCCCCCC(CCCCCCCC/C=C\C/C=C\CCCCC)C(=O)ON1C(=O)CCC1=O. The van der Waals surface area contributed by atoms with Gasteiger partial charge in [-0.25, -0.2) is 4.79 Å². The first-order chi connectivity index (χ1) is 25.6. The number of hydroxylamine groups is 2. The maximum absolute atomic E-state index is 13.0. The van der Waals surface area contributed by atoms with Gasteiger partial charge in [-0.2, -0.15) is 0 Å². The second-order valence-corrected chi connectivity index (χ2v) is 13.1. The molecule has 0 aromatic rings. The third-order valence-corrected chi connectivity index (χ3v) is 8.78. The summed E-state index contributed by atoms with van der Waals surface area (Å²) in [5, 5.41) is 0.713. The molecule has 1 aliphatic rings. The van der Waals surface area contributed by atoms with Crippen molar-refractivity contribution in [1.82, 2.24) is 5.06 Å². The lowest BCUT2D eigenvalue weighted by molar-refractivity contribution is -0.201. The molecule has 0 spiro atoms. The number of imide groups is 1. The summed E-state index contributed by atoms with van der Waals surface area (Å²) in [7, 11) is 0. The maximum Gasteiger partial charge on any atom is 0.336 e. The summed E-state index contributed by atoms with van der Waals surface area (Å²) in [6, 6.07) is 0. The molecular formula is C47H87NO4. The second kappa shape index (κ2) is 46.6. The summed E-state index contributed by atoms with van der Waals surface area (Å²) in [5.41, 5.74) is 0. The van der Waals surface area contributed by atoms with Gasteiger partial charge in [-0.3, -0.25) is 9.59 Å². The van der Waals surface area contributed by atoms with Crippen molar-refractivity contribution in [3.63, 3.8) is 0 Å². The third-order valence-electron chi connectivity index (χ3n) is 8.78. The van der Waals surface area contributed by atoms with E-state index >= 15 is 0 Å². The van der Waals surface area contributed by atoms with Crippen LogP contribution in [0.5, 0.6) is 0 Å². The Hall–Kier alpha value is -2.43. The van der Waals surface area contributed by atoms with Gasteiger partial charge >= 0.3 is 5.97 Å². The number of allylic oxidation sites excluding steroid dienone is 8. The fraction of sp³-hybridized carbons (Fsp3) is 0.766. The molecule has 0 bridgehead atoms. The minimum atomic E-state index is -0.404. The van der Waals surface area contributed by atoms with E-state index in [1.54, 1.807) is 0 Å². The van der Waals surface area contributed by atoms with Crippen molar-refractivity contribution in [2.24, 2.45) is 5.92 Å². The quantitative estimate of drug-likeness (QED) is 0.0405. The molecule has 1 saturated heterocycles. The average Bonchev–Trinajstić information content (AvgIpc) is 3.49. The van der Waals surface area contributed by atoms with Crippen LogP contribution in [-0.2, 0) is 19.2 Å². The Morgan fingerprint density at radius 2 is 0.827 bits per heavy atom. The van der Waals surface area contributed by atoms with E-state index in [0.29, 0.717) is 5.06 Å². The number of nitrogens with zero attached hydrogens (tertiary/aromatic N) is 1. The fourth-order valence-electron chi connectivity index (χ4n) is 5.77. The van der Waals surface area contributed by atoms with E-state index in [0.717, 1.165) is 64.2 Å². The molecule has 1 fully saturated rings. The molecule has 0 N–H and O–H groups in total. The lowest BCUT2D eigenvalue weighted by Gasteiger charge is -2.19. The molecule has 0 radical (unpaired) electrons. The van der Waals surface area contributed by atoms with Gasteiger partial charge in [-0.1, -0.05) is 194 Å². The van der Waals surface area contributed by atoms with Gasteiger partial charge in [-0.15, -0.1) is 5.06 Å². The Labute approximate surface area is 324 Å². The molecule has 0 aliphatic carbocycles. The summed E-state index contributed by atoms with van der Waals surface area (Å²) in [4.78, 5) is 42.3. The van der Waals surface area contributed by atoms with E-state index in [1.165, 1.54) is 96.3 Å². The van der Waals surface area contributed by atoms with Gasteiger partial charge in [0.15, 0.2) is 0 Å². The number of carbonyl (C=O) groups excluding carboxylic acids is 3. The number of hydrogen-bond acceptors (Lipinski definition) is 4. The minimum Gasteiger partial charge on any atom is -0.330 e. The van der Waals surface area contributed by atoms with Crippen molar-refractivity contribution in [3.05, 3.63) is 48.6 Å². The van der Waals surface area contributed by atoms with Crippen molar-refractivity contribution < 1.29 is 19.2 Å². The van der Waals surface area contributed by atoms with Crippen LogP contribution in [0.2, 0.25) is 0 Å². The monoisotopic (exact) mass is 730 g/mol. The van der Waals surface area contributed by atoms with Crippen molar-refractivity contribution >= 4 is 17.8 Å². The molecular weight excluding hydrogens is 643 g/mol. The van der Waals surface area contributed by atoms with Crippen molar-refractivity contribution in [3.8, 4) is 0 Å². The summed E-state index contributed by atoms with van der Waals surface area (Å²) in [5.74, 6) is -1.44. The van der Waals surface area contributed by atoms with Crippen molar-refractivity contribution in [1.29, 1.82) is 0 Å². The fourth-order valence-corrected chi connectivity index (χ4v) is 5.77. The first kappa shape index (κ1) is 53.9. The molecule has 52 heavy (non-hydrogen) atoms. The number of hydrogen-bond donors (Lipinski definition) is 0. The van der Waals surface area contributed by atoms with E-state index in [2.05, 4.69) is 62.5 Å². The van der Waals surface area contributed by atoms with Crippen LogP contribution in [0, 0.1) is 5.92 Å².